The monoisotopic (exact) mass is 574 g/mol. The summed E-state index contributed by atoms with van der Waals surface area (Å²) in [5.74, 6) is -0.105. The van der Waals surface area contributed by atoms with Crippen LogP contribution >= 0.6 is 0 Å². The highest BCUT2D eigenvalue weighted by Gasteiger charge is 2.00. The summed E-state index contributed by atoms with van der Waals surface area (Å²) < 4.78 is 5.40. The number of hydrogen-bond donors (Lipinski definition) is 0. The molecule has 0 aromatic heterocycles. The van der Waals surface area contributed by atoms with Gasteiger partial charge in [-0.1, -0.05) is 108 Å². The SMILES string of the molecule is CC/C=C\C/C=C\C/C=C\C/C=C\C/C=C\CCCC(=O)OC/C=C(\C)CC/C=C(/C)CC/C=C(\C)CCC=C(C)C. The molecule has 0 N–H and O–H groups in total. The summed E-state index contributed by atoms with van der Waals surface area (Å²) in [4.78, 5) is 12.0. The minimum Gasteiger partial charge on any atom is -0.461 e. The first-order valence-electron chi connectivity index (χ1n) is 16.4. The van der Waals surface area contributed by atoms with Gasteiger partial charge < -0.3 is 4.74 Å². The van der Waals surface area contributed by atoms with Crippen molar-refractivity contribution < 1.29 is 9.53 Å². The number of allylic oxidation sites excluding steroid dienone is 17. The van der Waals surface area contributed by atoms with Crippen LogP contribution in [0.2, 0.25) is 0 Å². The summed E-state index contributed by atoms with van der Waals surface area (Å²) in [7, 11) is 0. The molecule has 0 saturated heterocycles. The van der Waals surface area contributed by atoms with Crippen LogP contribution in [0.1, 0.15) is 131 Å². The first kappa shape index (κ1) is 39.1. The molecule has 0 aromatic carbocycles. The minimum atomic E-state index is -0.105. The lowest BCUT2D eigenvalue weighted by atomic mass is 10.0. The number of hydrogen-bond acceptors (Lipinski definition) is 2. The fraction of sp³-hybridized carbons (Fsp3) is 0.525. The van der Waals surface area contributed by atoms with E-state index >= 15 is 0 Å². The standard InChI is InChI=1S/C40H62O2/c1-7-8-9-10-11-12-13-14-15-16-17-18-19-20-21-22-23-33-40(41)42-35-34-39(6)32-26-31-38(5)30-25-29-37(4)28-24-27-36(2)3/h8-9,11-12,14-15,17-18,20-21,27,29,31,34H,7,10,13,16,19,22-26,28,30,32-33,35H2,1-6H3/b9-8-,12-11-,15-14-,18-17-,21-20-,37-29+,38-31-,39-34+. The Balaban J connectivity index is 3.86. The Morgan fingerprint density at radius 2 is 0.929 bits per heavy atom. The van der Waals surface area contributed by atoms with Gasteiger partial charge in [0.05, 0.1) is 0 Å². The molecule has 0 amide bonds. The normalized spacial score (nSPS) is 13.5. The third kappa shape index (κ3) is 30.1. The highest BCUT2D eigenvalue weighted by molar-refractivity contribution is 5.69. The van der Waals surface area contributed by atoms with Crippen LogP contribution in [0.25, 0.3) is 0 Å². The Hall–Kier alpha value is -2.87. The van der Waals surface area contributed by atoms with E-state index in [1.807, 2.05) is 6.08 Å². The Morgan fingerprint density at radius 3 is 1.40 bits per heavy atom. The zero-order valence-electron chi connectivity index (χ0n) is 28.0. The van der Waals surface area contributed by atoms with Gasteiger partial charge in [-0.25, -0.2) is 0 Å². The van der Waals surface area contributed by atoms with Gasteiger partial charge in [-0.3, -0.25) is 4.79 Å². The molecule has 0 unspecified atom stereocenters. The summed E-state index contributed by atoms with van der Waals surface area (Å²) in [6, 6.07) is 0. The van der Waals surface area contributed by atoms with Crippen molar-refractivity contribution in [3.05, 3.63) is 107 Å². The molecule has 0 aliphatic rings. The molecule has 0 bridgehead atoms. The smallest absolute Gasteiger partial charge is 0.306 e. The second-order valence-electron chi connectivity index (χ2n) is 11.3. The van der Waals surface area contributed by atoms with Gasteiger partial charge >= 0.3 is 5.97 Å². The third-order valence-electron chi connectivity index (χ3n) is 6.74. The van der Waals surface area contributed by atoms with Gasteiger partial charge in [-0.15, -0.1) is 0 Å². The highest BCUT2D eigenvalue weighted by atomic mass is 16.5. The van der Waals surface area contributed by atoms with E-state index in [9.17, 15) is 4.79 Å². The molecule has 0 saturated carbocycles. The first-order chi connectivity index (χ1) is 20.3. The lowest BCUT2D eigenvalue weighted by molar-refractivity contribution is -0.142. The zero-order chi connectivity index (χ0) is 31.1. The van der Waals surface area contributed by atoms with Crippen LogP contribution < -0.4 is 0 Å². The Labute approximate surface area is 260 Å². The summed E-state index contributed by atoms with van der Waals surface area (Å²) in [5.41, 5.74) is 5.62. The van der Waals surface area contributed by atoms with Crippen molar-refractivity contribution in [3.8, 4) is 0 Å². The number of unbranched alkanes of at least 4 members (excludes halogenated alkanes) is 1. The lowest BCUT2D eigenvalue weighted by Gasteiger charge is -2.04. The van der Waals surface area contributed by atoms with Crippen LogP contribution in [0.4, 0.5) is 0 Å². The Morgan fingerprint density at radius 1 is 0.500 bits per heavy atom. The number of esters is 1. The second kappa shape index (κ2) is 29.6. The van der Waals surface area contributed by atoms with E-state index in [0.717, 1.165) is 83.5 Å². The molecule has 234 valence electrons. The molecule has 0 spiro atoms. The van der Waals surface area contributed by atoms with Crippen LogP contribution in [0.3, 0.4) is 0 Å². The number of ether oxygens (including phenoxy) is 1. The van der Waals surface area contributed by atoms with Gasteiger partial charge in [0.1, 0.15) is 6.61 Å². The van der Waals surface area contributed by atoms with Gasteiger partial charge in [0.2, 0.25) is 0 Å². The van der Waals surface area contributed by atoms with E-state index in [4.69, 9.17) is 4.74 Å². The molecule has 0 heterocycles. The molecular weight excluding hydrogens is 512 g/mol. The average Bonchev–Trinajstić information content (AvgIpc) is 2.94. The lowest BCUT2D eigenvalue weighted by Crippen LogP contribution is -2.04. The number of carbonyl (C=O) groups is 1. The van der Waals surface area contributed by atoms with Gasteiger partial charge in [-0.2, -0.15) is 0 Å². The van der Waals surface area contributed by atoms with E-state index in [-0.39, 0.29) is 5.97 Å². The maximum absolute atomic E-state index is 12.0. The molecule has 0 aliphatic heterocycles. The van der Waals surface area contributed by atoms with E-state index in [0.29, 0.717) is 13.0 Å². The van der Waals surface area contributed by atoms with Crippen molar-refractivity contribution >= 4 is 5.97 Å². The molecule has 0 rings (SSSR count). The van der Waals surface area contributed by atoms with Crippen molar-refractivity contribution in [1.82, 2.24) is 0 Å². The number of rotatable bonds is 24. The minimum absolute atomic E-state index is 0.105. The zero-order valence-corrected chi connectivity index (χ0v) is 28.0. The van der Waals surface area contributed by atoms with Crippen LogP contribution in [0, 0.1) is 0 Å². The van der Waals surface area contributed by atoms with Crippen LogP contribution in [-0.4, -0.2) is 12.6 Å². The quantitative estimate of drug-likeness (QED) is 0.0651. The van der Waals surface area contributed by atoms with Gasteiger partial charge in [0, 0.05) is 6.42 Å². The third-order valence-corrected chi connectivity index (χ3v) is 6.74. The van der Waals surface area contributed by atoms with E-state index in [1.54, 1.807) is 0 Å². The van der Waals surface area contributed by atoms with Gasteiger partial charge in [-0.05, 0) is 124 Å². The van der Waals surface area contributed by atoms with Crippen molar-refractivity contribution in [2.24, 2.45) is 0 Å². The molecule has 42 heavy (non-hydrogen) atoms. The van der Waals surface area contributed by atoms with Crippen molar-refractivity contribution in [3.63, 3.8) is 0 Å². The highest BCUT2D eigenvalue weighted by Crippen LogP contribution is 2.13. The molecule has 0 fully saturated rings. The molecule has 2 nitrogen and oxygen atoms in total. The van der Waals surface area contributed by atoms with E-state index < -0.39 is 0 Å². The second-order valence-corrected chi connectivity index (χ2v) is 11.3. The van der Waals surface area contributed by atoms with Crippen molar-refractivity contribution in [2.45, 2.75) is 131 Å². The summed E-state index contributed by atoms with van der Waals surface area (Å²) in [6.45, 7) is 13.4. The molecule has 0 radical (unpaired) electrons. The van der Waals surface area contributed by atoms with Crippen molar-refractivity contribution in [2.75, 3.05) is 6.61 Å². The van der Waals surface area contributed by atoms with E-state index in [2.05, 4.69) is 121 Å². The summed E-state index contributed by atoms with van der Waals surface area (Å²) >= 11 is 0. The largest absolute Gasteiger partial charge is 0.461 e. The fourth-order valence-corrected chi connectivity index (χ4v) is 4.07. The Bertz CT molecular complexity index is 956. The first-order valence-corrected chi connectivity index (χ1v) is 16.4. The fourth-order valence-electron chi connectivity index (χ4n) is 4.07. The van der Waals surface area contributed by atoms with E-state index in [1.165, 1.54) is 22.3 Å². The van der Waals surface area contributed by atoms with Crippen LogP contribution in [0.15, 0.2) is 107 Å². The van der Waals surface area contributed by atoms with Gasteiger partial charge in [0.15, 0.2) is 0 Å². The van der Waals surface area contributed by atoms with Crippen LogP contribution in [0.5, 0.6) is 0 Å². The van der Waals surface area contributed by atoms with Crippen molar-refractivity contribution in [1.29, 1.82) is 0 Å². The Kier molecular flexibility index (Phi) is 27.6. The molecule has 2 heteroatoms. The van der Waals surface area contributed by atoms with Crippen LogP contribution in [-0.2, 0) is 9.53 Å². The predicted octanol–water partition coefficient (Wildman–Crippen LogP) is 12.6. The van der Waals surface area contributed by atoms with Gasteiger partial charge in [0.25, 0.3) is 0 Å². The molecule has 0 aromatic rings. The summed E-state index contributed by atoms with van der Waals surface area (Å²) in [6.07, 6.45) is 45.0. The number of carbonyl (C=O) groups excluding carboxylic acids is 1. The average molecular weight is 575 g/mol. The maximum Gasteiger partial charge on any atom is 0.306 e. The summed E-state index contributed by atoms with van der Waals surface area (Å²) in [5, 5.41) is 0. The predicted molar refractivity (Wildman–Crippen MR) is 188 cm³/mol. The molecule has 0 atom stereocenters. The molecular formula is C40H62O2. The topological polar surface area (TPSA) is 26.3 Å². The molecule has 0 aliphatic carbocycles. The maximum atomic E-state index is 12.0.